The maximum absolute atomic E-state index is 10.1. The Morgan fingerprint density at radius 2 is 1.94 bits per heavy atom. The van der Waals surface area contributed by atoms with E-state index in [-0.39, 0.29) is 12.7 Å². The molecule has 0 aromatic rings. The van der Waals surface area contributed by atoms with E-state index in [0.29, 0.717) is 12.8 Å². The van der Waals surface area contributed by atoms with Crippen LogP contribution in [0.4, 0.5) is 0 Å². The molecule has 0 aliphatic heterocycles. The average Bonchev–Trinajstić information content (AvgIpc) is 2.23. The normalized spacial score (nSPS) is 13.6. The van der Waals surface area contributed by atoms with Crippen LogP contribution in [-0.2, 0) is 4.79 Å². The minimum Gasteiger partial charge on any atom is -0.478 e. The van der Waals surface area contributed by atoms with Crippen molar-refractivity contribution in [3.05, 3.63) is 24.3 Å². The van der Waals surface area contributed by atoms with Gasteiger partial charge in [0.1, 0.15) is 0 Å². The van der Waals surface area contributed by atoms with Crippen molar-refractivity contribution < 1.29 is 20.1 Å². The van der Waals surface area contributed by atoms with Crippen molar-refractivity contribution in [3.63, 3.8) is 0 Å². The van der Waals surface area contributed by atoms with E-state index < -0.39 is 5.97 Å². The zero-order chi connectivity index (χ0) is 12.2. The number of unbranched alkanes of at least 4 members (excludes halogenated alkanes) is 1. The lowest BCUT2D eigenvalue weighted by Gasteiger charge is -2.07. The average molecular weight is 228 g/mol. The molecule has 0 aliphatic carbocycles. The molecule has 0 radical (unpaired) electrons. The third kappa shape index (κ3) is 10.9. The minimum absolute atomic E-state index is 0.173. The molecule has 16 heavy (non-hydrogen) atoms. The van der Waals surface area contributed by atoms with Crippen molar-refractivity contribution in [1.82, 2.24) is 0 Å². The van der Waals surface area contributed by atoms with Gasteiger partial charge in [-0.05, 0) is 32.1 Å². The summed E-state index contributed by atoms with van der Waals surface area (Å²) < 4.78 is 0. The molecule has 0 saturated carbocycles. The Kier molecular flexibility index (Phi) is 9.66. The number of hydrogen-bond donors (Lipinski definition) is 3. The Morgan fingerprint density at radius 1 is 1.19 bits per heavy atom. The van der Waals surface area contributed by atoms with Gasteiger partial charge in [0, 0.05) is 12.7 Å². The van der Waals surface area contributed by atoms with Crippen molar-refractivity contribution in [3.8, 4) is 0 Å². The summed E-state index contributed by atoms with van der Waals surface area (Å²) in [6.07, 6.45) is 9.35. The van der Waals surface area contributed by atoms with Crippen molar-refractivity contribution >= 4 is 5.97 Å². The van der Waals surface area contributed by atoms with E-state index in [1.54, 1.807) is 6.08 Å². The van der Waals surface area contributed by atoms with E-state index in [1.165, 1.54) is 6.08 Å². The second kappa shape index (κ2) is 10.4. The second-order valence-corrected chi connectivity index (χ2v) is 3.58. The van der Waals surface area contributed by atoms with Crippen LogP contribution in [-0.4, -0.2) is 34.0 Å². The van der Waals surface area contributed by atoms with Crippen LogP contribution in [0.5, 0.6) is 0 Å². The Balaban J connectivity index is 3.46. The lowest BCUT2D eigenvalue weighted by Crippen LogP contribution is -2.05. The van der Waals surface area contributed by atoms with Crippen LogP contribution in [0, 0.1) is 0 Å². The number of aliphatic hydroxyl groups is 2. The second-order valence-electron chi connectivity index (χ2n) is 3.58. The molecular weight excluding hydrogens is 208 g/mol. The minimum atomic E-state index is -0.964. The lowest BCUT2D eigenvalue weighted by atomic mass is 10.1. The third-order valence-corrected chi connectivity index (χ3v) is 2.10. The predicted molar refractivity (Wildman–Crippen MR) is 62.1 cm³/mol. The van der Waals surface area contributed by atoms with Gasteiger partial charge in [0.15, 0.2) is 0 Å². The van der Waals surface area contributed by atoms with Gasteiger partial charge in [0.25, 0.3) is 0 Å². The van der Waals surface area contributed by atoms with Crippen LogP contribution >= 0.6 is 0 Å². The predicted octanol–water partition coefficient (Wildman–Crippen LogP) is 1.49. The molecule has 0 saturated heterocycles. The van der Waals surface area contributed by atoms with Gasteiger partial charge in [-0.15, -0.1) is 0 Å². The topological polar surface area (TPSA) is 77.8 Å². The summed E-state index contributed by atoms with van der Waals surface area (Å²) in [6.45, 7) is 0.173. The summed E-state index contributed by atoms with van der Waals surface area (Å²) in [4.78, 5) is 10.1. The first-order valence-electron chi connectivity index (χ1n) is 5.52. The molecule has 0 amide bonds. The number of aliphatic hydroxyl groups excluding tert-OH is 2. The van der Waals surface area contributed by atoms with Crippen molar-refractivity contribution in [2.45, 2.75) is 38.2 Å². The number of aliphatic carboxylic acids is 1. The fourth-order valence-electron chi connectivity index (χ4n) is 1.24. The van der Waals surface area contributed by atoms with Gasteiger partial charge in [-0.1, -0.05) is 18.2 Å². The molecule has 1 unspecified atom stereocenters. The molecule has 0 aliphatic rings. The molecule has 0 fully saturated rings. The lowest BCUT2D eigenvalue weighted by molar-refractivity contribution is -0.131. The van der Waals surface area contributed by atoms with Crippen LogP contribution in [0.1, 0.15) is 32.1 Å². The van der Waals surface area contributed by atoms with Gasteiger partial charge in [0.05, 0.1) is 6.10 Å². The van der Waals surface area contributed by atoms with E-state index in [9.17, 15) is 9.90 Å². The van der Waals surface area contributed by atoms with Crippen LogP contribution in [0.2, 0.25) is 0 Å². The van der Waals surface area contributed by atoms with Crippen LogP contribution in [0.3, 0.4) is 0 Å². The van der Waals surface area contributed by atoms with E-state index in [4.69, 9.17) is 10.2 Å². The van der Waals surface area contributed by atoms with E-state index >= 15 is 0 Å². The third-order valence-electron chi connectivity index (χ3n) is 2.10. The summed E-state index contributed by atoms with van der Waals surface area (Å²) in [5, 5.41) is 26.3. The zero-order valence-electron chi connectivity index (χ0n) is 9.38. The van der Waals surface area contributed by atoms with Crippen LogP contribution < -0.4 is 0 Å². The summed E-state index contributed by atoms with van der Waals surface area (Å²) in [5.74, 6) is -0.964. The van der Waals surface area contributed by atoms with Gasteiger partial charge in [-0.2, -0.15) is 0 Å². The largest absolute Gasteiger partial charge is 0.478 e. The number of hydrogen-bond acceptors (Lipinski definition) is 3. The first-order chi connectivity index (χ1) is 7.66. The van der Waals surface area contributed by atoms with Crippen LogP contribution in [0.15, 0.2) is 24.3 Å². The van der Waals surface area contributed by atoms with Gasteiger partial charge in [-0.3, -0.25) is 0 Å². The smallest absolute Gasteiger partial charge is 0.328 e. The molecule has 0 aromatic carbocycles. The molecular formula is C12H20O4. The van der Waals surface area contributed by atoms with Crippen molar-refractivity contribution in [2.75, 3.05) is 6.61 Å². The first-order valence-corrected chi connectivity index (χ1v) is 5.52. The summed E-state index contributed by atoms with van der Waals surface area (Å²) in [7, 11) is 0. The molecule has 1 atom stereocenters. The number of allylic oxidation sites excluding steroid dienone is 3. The molecule has 3 N–H and O–H groups in total. The molecule has 0 rings (SSSR count). The highest BCUT2D eigenvalue weighted by molar-refractivity contribution is 5.80. The Morgan fingerprint density at radius 3 is 2.56 bits per heavy atom. The summed E-state index contributed by atoms with van der Waals surface area (Å²) in [6, 6.07) is 0. The molecule has 0 spiro atoms. The van der Waals surface area contributed by atoms with Crippen LogP contribution in [0.25, 0.3) is 0 Å². The maximum Gasteiger partial charge on any atom is 0.328 e. The molecule has 0 aromatic heterocycles. The zero-order valence-corrected chi connectivity index (χ0v) is 9.38. The van der Waals surface area contributed by atoms with Crippen molar-refractivity contribution in [2.24, 2.45) is 0 Å². The van der Waals surface area contributed by atoms with E-state index in [2.05, 4.69) is 0 Å². The molecule has 0 heterocycles. The van der Waals surface area contributed by atoms with E-state index in [1.807, 2.05) is 6.08 Å². The summed E-state index contributed by atoms with van der Waals surface area (Å²) >= 11 is 0. The first kappa shape index (κ1) is 14.9. The monoisotopic (exact) mass is 228 g/mol. The van der Waals surface area contributed by atoms with Gasteiger partial charge in [-0.25, -0.2) is 4.79 Å². The summed E-state index contributed by atoms with van der Waals surface area (Å²) in [5.41, 5.74) is 0. The molecule has 4 heteroatoms. The highest BCUT2D eigenvalue weighted by atomic mass is 16.4. The van der Waals surface area contributed by atoms with Crippen molar-refractivity contribution in [1.29, 1.82) is 0 Å². The van der Waals surface area contributed by atoms with Gasteiger partial charge >= 0.3 is 5.97 Å². The quantitative estimate of drug-likeness (QED) is 0.317. The van der Waals surface area contributed by atoms with Gasteiger partial charge in [0.2, 0.25) is 0 Å². The highest BCUT2D eigenvalue weighted by Gasteiger charge is 2.01. The number of carboxylic acids is 1. The van der Waals surface area contributed by atoms with E-state index in [0.717, 1.165) is 25.3 Å². The fraction of sp³-hybridized carbons (Fsp3) is 0.583. The Bertz CT molecular complexity index is 233. The van der Waals surface area contributed by atoms with Gasteiger partial charge < -0.3 is 15.3 Å². The Hall–Kier alpha value is -1.13. The molecule has 0 bridgehead atoms. The number of carbonyl (C=O) groups is 1. The Labute approximate surface area is 95.9 Å². The molecule has 4 nitrogen and oxygen atoms in total. The maximum atomic E-state index is 10.1. The SMILES string of the molecule is O=C(O)/C=C/C=C/CCC(O)CCCCO. The number of carboxylic acid groups (broad SMARTS) is 1. The molecule has 92 valence electrons. The highest BCUT2D eigenvalue weighted by Crippen LogP contribution is 2.06. The standard InChI is InChI=1S/C12H20O4/c13-10-6-5-8-11(14)7-3-1-2-4-9-12(15)16/h1-2,4,9,11,13-14H,3,5-8,10H2,(H,15,16)/b2-1+,9-4+. The number of rotatable bonds is 9. The fourth-order valence-corrected chi connectivity index (χ4v) is 1.24.